The lowest BCUT2D eigenvalue weighted by Gasteiger charge is -2.10. The number of benzene rings is 3. The van der Waals surface area contributed by atoms with Crippen LogP contribution in [-0.2, 0) is 0 Å². The summed E-state index contributed by atoms with van der Waals surface area (Å²) >= 11 is 0. The van der Waals surface area contributed by atoms with E-state index in [0.717, 1.165) is 16.8 Å². The van der Waals surface area contributed by atoms with E-state index < -0.39 is 0 Å². The molecule has 0 atom stereocenters. The van der Waals surface area contributed by atoms with Crippen molar-refractivity contribution in [2.45, 2.75) is 0 Å². The number of nitriles is 1. The van der Waals surface area contributed by atoms with Crippen LogP contribution in [0.4, 0.5) is 0 Å². The molecular formula is C24H15N3. The molecule has 0 radical (unpaired) electrons. The standard InChI is InChI=1S/C24H15N3/c25-15-19-13-12-18(16-26-19)17-6-5-7-20(14-17)27-23-10-3-1-8-21(23)22-9-2-4-11-24(22)27/h1-14,16H. The van der Waals surface area contributed by atoms with E-state index in [1.54, 1.807) is 12.3 Å². The van der Waals surface area contributed by atoms with Crippen molar-refractivity contribution in [2.24, 2.45) is 0 Å². The van der Waals surface area contributed by atoms with E-state index in [0.29, 0.717) is 5.69 Å². The van der Waals surface area contributed by atoms with Gasteiger partial charge in [0.15, 0.2) is 0 Å². The van der Waals surface area contributed by atoms with Gasteiger partial charge in [0.2, 0.25) is 0 Å². The van der Waals surface area contributed by atoms with Crippen LogP contribution in [0, 0.1) is 11.3 Å². The SMILES string of the molecule is N#Cc1ccc(-c2cccc(-n3c4ccccc4c4ccccc43)c2)cn1. The lowest BCUT2D eigenvalue weighted by molar-refractivity contribution is 1.18. The maximum Gasteiger partial charge on any atom is 0.140 e. The van der Waals surface area contributed by atoms with Crippen LogP contribution in [0.2, 0.25) is 0 Å². The predicted molar refractivity (Wildman–Crippen MR) is 109 cm³/mol. The zero-order chi connectivity index (χ0) is 18.2. The number of pyridine rings is 1. The second-order valence-electron chi connectivity index (χ2n) is 6.46. The van der Waals surface area contributed by atoms with Gasteiger partial charge < -0.3 is 4.57 Å². The lowest BCUT2D eigenvalue weighted by Crippen LogP contribution is -1.94. The van der Waals surface area contributed by atoms with E-state index in [2.05, 4.69) is 88.4 Å². The van der Waals surface area contributed by atoms with E-state index in [9.17, 15) is 0 Å². The van der Waals surface area contributed by atoms with Crippen molar-refractivity contribution in [2.75, 3.05) is 0 Å². The van der Waals surface area contributed by atoms with Crippen molar-refractivity contribution >= 4 is 21.8 Å². The second-order valence-corrected chi connectivity index (χ2v) is 6.46. The largest absolute Gasteiger partial charge is 0.309 e. The van der Waals surface area contributed by atoms with Crippen molar-refractivity contribution in [3.05, 3.63) is 96.8 Å². The fraction of sp³-hybridized carbons (Fsp3) is 0. The minimum absolute atomic E-state index is 0.428. The van der Waals surface area contributed by atoms with Crippen LogP contribution in [-0.4, -0.2) is 9.55 Å². The van der Waals surface area contributed by atoms with Gasteiger partial charge in [0.05, 0.1) is 11.0 Å². The number of hydrogen-bond acceptors (Lipinski definition) is 2. The molecule has 0 bridgehead atoms. The van der Waals surface area contributed by atoms with Crippen molar-refractivity contribution < 1.29 is 0 Å². The Bertz CT molecular complexity index is 1270. The molecular weight excluding hydrogens is 330 g/mol. The van der Waals surface area contributed by atoms with E-state index in [1.807, 2.05) is 6.07 Å². The van der Waals surface area contributed by atoms with Crippen LogP contribution in [0.5, 0.6) is 0 Å². The van der Waals surface area contributed by atoms with Gasteiger partial charge in [-0.05, 0) is 42.0 Å². The maximum absolute atomic E-state index is 8.95. The van der Waals surface area contributed by atoms with Gasteiger partial charge in [0, 0.05) is 28.2 Å². The number of hydrogen-bond donors (Lipinski definition) is 0. The molecule has 5 rings (SSSR count). The molecule has 3 nitrogen and oxygen atoms in total. The summed E-state index contributed by atoms with van der Waals surface area (Å²) in [5.74, 6) is 0. The summed E-state index contributed by atoms with van der Waals surface area (Å²) in [5, 5.41) is 11.5. The zero-order valence-corrected chi connectivity index (χ0v) is 14.5. The summed E-state index contributed by atoms with van der Waals surface area (Å²) in [4.78, 5) is 4.20. The second kappa shape index (κ2) is 6.12. The number of fused-ring (bicyclic) bond motifs is 3. The Kier molecular flexibility index (Phi) is 3.48. The highest BCUT2D eigenvalue weighted by Gasteiger charge is 2.11. The third-order valence-electron chi connectivity index (χ3n) is 4.90. The first-order chi connectivity index (χ1) is 13.3. The monoisotopic (exact) mass is 345 g/mol. The molecule has 0 N–H and O–H groups in total. The van der Waals surface area contributed by atoms with E-state index in [1.165, 1.54) is 21.8 Å². The van der Waals surface area contributed by atoms with Crippen LogP contribution in [0.25, 0.3) is 38.6 Å². The summed E-state index contributed by atoms with van der Waals surface area (Å²) in [7, 11) is 0. The molecule has 0 saturated carbocycles. The molecule has 3 heteroatoms. The Labute approximate surface area is 156 Å². The quantitative estimate of drug-likeness (QED) is 0.411. The molecule has 27 heavy (non-hydrogen) atoms. The molecule has 0 fully saturated rings. The molecule has 0 unspecified atom stereocenters. The molecule has 3 aromatic carbocycles. The Morgan fingerprint density at radius 3 is 2.04 bits per heavy atom. The Morgan fingerprint density at radius 2 is 1.41 bits per heavy atom. The van der Waals surface area contributed by atoms with Gasteiger partial charge >= 0.3 is 0 Å². The van der Waals surface area contributed by atoms with Crippen LogP contribution < -0.4 is 0 Å². The maximum atomic E-state index is 8.95. The molecule has 0 aliphatic heterocycles. The molecule has 2 heterocycles. The molecule has 0 saturated heterocycles. The van der Waals surface area contributed by atoms with Gasteiger partial charge in [0.1, 0.15) is 11.8 Å². The minimum Gasteiger partial charge on any atom is -0.309 e. The summed E-state index contributed by atoms with van der Waals surface area (Å²) in [6.45, 7) is 0. The van der Waals surface area contributed by atoms with E-state index in [4.69, 9.17) is 5.26 Å². The van der Waals surface area contributed by atoms with Gasteiger partial charge in [-0.3, -0.25) is 0 Å². The third-order valence-corrected chi connectivity index (χ3v) is 4.90. The Morgan fingerprint density at radius 1 is 0.704 bits per heavy atom. The first kappa shape index (κ1) is 15.4. The molecule has 5 aromatic rings. The van der Waals surface area contributed by atoms with Crippen molar-refractivity contribution in [1.29, 1.82) is 5.26 Å². The highest BCUT2D eigenvalue weighted by Crippen LogP contribution is 2.32. The van der Waals surface area contributed by atoms with Gasteiger partial charge in [-0.1, -0.05) is 48.5 Å². The number of nitrogens with zero attached hydrogens (tertiary/aromatic N) is 3. The van der Waals surface area contributed by atoms with Crippen molar-refractivity contribution in [3.63, 3.8) is 0 Å². The third kappa shape index (κ3) is 2.47. The summed E-state index contributed by atoms with van der Waals surface area (Å²) in [6.07, 6.45) is 1.75. The topological polar surface area (TPSA) is 41.6 Å². The normalized spacial score (nSPS) is 10.9. The van der Waals surface area contributed by atoms with Crippen LogP contribution >= 0.6 is 0 Å². The Hall–Kier alpha value is -3.90. The van der Waals surface area contributed by atoms with Crippen LogP contribution in [0.3, 0.4) is 0 Å². The molecule has 0 aliphatic rings. The number of para-hydroxylation sites is 2. The minimum atomic E-state index is 0.428. The Balaban J connectivity index is 1.74. The zero-order valence-electron chi connectivity index (χ0n) is 14.5. The van der Waals surface area contributed by atoms with Gasteiger partial charge in [-0.25, -0.2) is 4.98 Å². The number of rotatable bonds is 2. The molecule has 2 aromatic heterocycles. The molecule has 0 amide bonds. The highest BCUT2D eigenvalue weighted by molar-refractivity contribution is 6.09. The van der Waals surface area contributed by atoms with E-state index in [-0.39, 0.29) is 0 Å². The summed E-state index contributed by atoms with van der Waals surface area (Å²) < 4.78 is 2.30. The fourth-order valence-electron chi connectivity index (χ4n) is 3.66. The average Bonchev–Trinajstić information content (AvgIpc) is 3.08. The highest BCUT2D eigenvalue weighted by atomic mass is 15.0. The number of aromatic nitrogens is 2. The van der Waals surface area contributed by atoms with Gasteiger partial charge in [0.25, 0.3) is 0 Å². The molecule has 0 spiro atoms. The van der Waals surface area contributed by atoms with Crippen molar-refractivity contribution in [3.8, 4) is 22.9 Å². The smallest absolute Gasteiger partial charge is 0.140 e. The first-order valence-electron chi connectivity index (χ1n) is 8.80. The predicted octanol–water partition coefficient (Wildman–Crippen LogP) is 5.72. The first-order valence-corrected chi connectivity index (χ1v) is 8.80. The van der Waals surface area contributed by atoms with Crippen molar-refractivity contribution in [1.82, 2.24) is 9.55 Å². The van der Waals surface area contributed by atoms with Gasteiger partial charge in [-0.2, -0.15) is 5.26 Å². The van der Waals surface area contributed by atoms with E-state index >= 15 is 0 Å². The van der Waals surface area contributed by atoms with Gasteiger partial charge in [-0.15, -0.1) is 0 Å². The van der Waals surface area contributed by atoms with Crippen LogP contribution in [0.15, 0.2) is 91.1 Å². The van der Waals surface area contributed by atoms with Crippen LogP contribution in [0.1, 0.15) is 5.69 Å². The molecule has 0 aliphatic carbocycles. The average molecular weight is 345 g/mol. The summed E-state index contributed by atoms with van der Waals surface area (Å²) in [6, 6.07) is 31.2. The fourth-order valence-corrected chi connectivity index (χ4v) is 3.66. The summed E-state index contributed by atoms with van der Waals surface area (Å²) in [5.41, 5.74) is 5.98. The lowest BCUT2D eigenvalue weighted by atomic mass is 10.1. The molecule has 126 valence electrons.